The zero-order valence-corrected chi connectivity index (χ0v) is 19.5. The van der Waals surface area contributed by atoms with Crippen LogP contribution < -0.4 is 15.4 Å². The van der Waals surface area contributed by atoms with Crippen LogP contribution in [0, 0.1) is 0 Å². The first-order valence-corrected chi connectivity index (χ1v) is 11.0. The molecule has 0 aliphatic carbocycles. The Bertz CT molecular complexity index is 911. The molecule has 1 unspecified atom stereocenters. The van der Waals surface area contributed by atoms with Crippen molar-refractivity contribution in [2.75, 3.05) is 26.2 Å². The van der Waals surface area contributed by atoms with Gasteiger partial charge >= 0.3 is 6.36 Å². The fourth-order valence-corrected chi connectivity index (χ4v) is 3.75. The summed E-state index contributed by atoms with van der Waals surface area (Å²) in [4.78, 5) is 27.0. The lowest BCUT2D eigenvalue weighted by molar-refractivity contribution is -0.274. The Morgan fingerprint density at radius 1 is 0.941 bits per heavy atom. The summed E-state index contributed by atoms with van der Waals surface area (Å²) in [6.07, 6.45) is -2.29. The maximum Gasteiger partial charge on any atom is 0.573 e. The minimum absolute atomic E-state index is 0. The average Bonchev–Trinajstić information content (AvgIpc) is 2.80. The number of carbonyl (C=O) groups is 2. The second kappa shape index (κ2) is 13.2. The van der Waals surface area contributed by atoms with E-state index in [4.69, 9.17) is 0 Å². The van der Waals surface area contributed by atoms with Gasteiger partial charge in [-0.15, -0.1) is 25.6 Å². The number of hydrogen-bond donors (Lipinski definition) is 2. The van der Waals surface area contributed by atoms with Crippen LogP contribution in [0.3, 0.4) is 0 Å². The van der Waals surface area contributed by atoms with Crippen molar-refractivity contribution in [2.45, 2.75) is 38.1 Å². The zero-order valence-electron chi connectivity index (χ0n) is 18.6. The molecule has 1 saturated heterocycles. The van der Waals surface area contributed by atoms with E-state index in [1.807, 2.05) is 30.3 Å². The quantitative estimate of drug-likeness (QED) is 0.653. The number of carbonyl (C=O) groups excluding carboxylic acids is 2. The van der Waals surface area contributed by atoms with Gasteiger partial charge in [-0.3, -0.25) is 9.59 Å². The molecular formula is C24H29ClF3N3O3. The lowest BCUT2D eigenvalue weighted by Crippen LogP contribution is -2.35. The molecule has 0 bridgehead atoms. The Labute approximate surface area is 203 Å². The van der Waals surface area contributed by atoms with E-state index in [1.165, 1.54) is 12.1 Å². The van der Waals surface area contributed by atoms with Crippen molar-refractivity contribution in [3.8, 4) is 5.75 Å². The second-order valence-electron chi connectivity index (χ2n) is 7.90. The zero-order chi connectivity index (χ0) is 23.7. The van der Waals surface area contributed by atoms with Gasteiger partial charge in [0.05, 0.1) is 0 Å². The molecule has 1 heterocycles. The van der Waals surface area contributed by atoms with Crippen LogP contribution in [-0.2, 0) is 4.79 Å². The molecule has 186 valence electrons. The predicted octanol–water partition coefficient (Wildman–Crippen LogP) is 4.47. The molecule has 2 aromatic carbocycles. The third kappa shape index (κ3) is 8.87. The summed E-state index contributed by atoms with van der Waals surface area (Å²) in [5.41, 5.74) is 1.34. The van der Waals surface area contributed by atoms with Crippen LogP contribution in [0.4, 0.5) is 13.2 Å². The summed E-state index contributed by atoms with van der Waals surface area (Å²) in [6.45, 7) is 2.08. The highest BCUT2D eigenvalue weighted by atomic mass is 35.5. The third-order valence-corrected chi connectivity index (χ3v) is 5.39. The highest BCUT2D eigenvalue weighted by Crippen LogP contribution is 2.23. The molecule has 2 N–H and O–H groups in total. The van der Waals surface area contributed by atoms with Crippen LogP contribution >= 0.6 is 12.4 Å². The molecule has 0 spiro atoms. The second-order valence-corrected chi connectivity index (χ2v) is 7.90. The van der Waals surface area contributed by atoms with Crippen LogP contribution in [0.25, 0.3) is 0 Å². The van der Waals surface area contributed by atoms with E-state index in [1.54, 1.807) is 4.90 Å². The number of halogens is 4. The molecule has 2 amide bonds. The predicted molar refractivity (Wildman–Crippen MR) is 125 cm³/mol. The molecule has 0 radical (unpaired) electrons. The molecule has 1 aliphatic heterocycles. The van der Waals surface area contributed by atoms with E-state index in [0.717, 1.165) is 30.5 Å². The first kappa shape index (κ1) is 27.5. The molecule has 10 heteroatoms. The summed E-state index contributed by atoms with van der Waals surface area (Å²) in [7, 11) is 0. The van der Waals surface area contributed by atoms with Crippen LogP contribution in [0.2, 0.25) is 0 Å². The molecule has 1 aliphatic rings. The standard InChI is InChI=1S/C24H28F3N3O3.ClH/c25-24(26,27)33-20-11-9-19(10-12-20)23(32)30-15-5-4-13-28-21(18-7-2-1-3-8-18)17-22(31)29-14-6-16-30;/h1-3,7-12,21,28H,4-6,13-17H2,(H,29,31);1H. The average molecular weight is 500 g/mol. The van der Waals surface area contributed by atoms with Gasteiger partial charge in [0, 0.05) is 37.7 Å². The minimum atomic E-state index is -4.78. The van der Waals surface area contributed by atoms with Gasteiger partial charge in [0.25, 0.3) is 5.91 Å². The van der Waals surface area contributed by atoms with Crippen LogP contribution in [0.5, 0.6) is 5.75 Å². The molecule has 0 aromatic heterocycles. The van der Waals surface area contributed by atoms with Crippen LogP contribution in [0.15, 0.2) is 54.6 Å². The first-order valence-electron chi connectivity index (χ1n) is 11.0. The van der Waals surface area contributed by atoms with Crippen molar-refractivity contribution in [3.63, 3.8) is 0 Å². The van der Waals surface area contributed by atoms with E-state index in [9.17, 15) is 22.8 Å². The monoisotopic (exact) mass is 499 g/mol. The van der Waals surface area contributed by atoms with E-state index < -0.39 is 6.36 Å². The van der Waals surface area contributed by atoms with Crippen LogP contribution in [-0.4, -0.2) is 49.3 Å². The summed E-state index contributed by atoms with van der Waals surface area (Å²) >= 11 is 0. The normalized spacial score (nSPS) is 18.4. The molecular weight excluding hydrogens is 471 g/mol. The highest BCUT2D eigenvalue weighted by Gasteiger charge is 2.31. The van der Waals surface area contributed by atoms with Crippen molar-refractivity contribution in [1.82, 2.24) is 15.5 Å². The first-order chi connectivity index (χ1) is 15.8. The highest BCUT2D eigenvalue weighted by molar-refractivity contribution is 5.94. The van der Waals surface area contributed by atoms with E-state index in [-0.39, 0.29) is 36.0 Å². The number of alkyl halides is 3. The minimum Gasteiger partial charge on any atom is -0.406 e. The molecule has 6 nitrogen and oxygen atoms in total. The van der Waals surface area contributed by atoms with E-state index >= 15 is 0 Å². The van der Waals surface area contributed by atoms with Crippen molar-refractivity contribution in [1.29, 1.82) is 0 Å². The van der Waals surface area contributed by atoms with Gasteiger partial charge in [0.2, 0.25) is 5.91 Å². The molecule has 1 fully saturated rings. The van der Waals surface area contributed by atoms with Gasteiger partial charge in [-0.1, -0.05) is 30.3 Å². The number of nitrogens with one attached hydrogen (secondary N) is 2. The molecule has 34 heavy (non-hydrogen) atoms. The van der Waals surface area contributed by atoms with Crippen molar-refractivity contribution in [2.24, 2.45) is 0 Å². The molecule has 2 aromatic rings. The van der Waals surface area contributed by atoms with Gasteiger partial charge in [0.1, 0.15) is 5.75 Å². The lowest BCUT2D eigenvalue weighted by Gasteiger charge is -2.23. The van der Waals surface area contributed by atoms with Gasteiger partial charge in [-0.25, -0.2) is 0 Å². The summed E-state index contributed by atoms with van der Waals surface area (Å²) in [5.74, 6) is -0.690. The number of amides is 2. The van der Waals surface area contributed by atoms with Crippen molar-refractivity contribution < 1.29 is 27.5 Å². The number of nitrogens with zero attached hydrogens (tertiary/aromatic N) is 1. The Morgan fingerprint density at radius 3 is 2.29 bits per heavy atom. The number of hydrogen-bond acceptors (Lipinski definition) is 4. The Hall–Kier alpha value is -2.78. The number of benzene rings is 2. The maximum absolute atomic E-state index is 12.9. The lowest BCUT2D eigenvalue weighted by atomic mass is 10.0. The molecule has 1 atom stereocenters. The van der Waals surface area contributed by atoms with Gasteiger partial charge in [0.15, 0.2) is 0 Å². The Balaban J connectivity index is 0.00000408. The summed E-state index contributed by atoms with van der Waals surface area (Å²) in [5, 5.41) is 6.34. The smallest absolute Gasteiger partial charge is 0.406 e. The third-order valence-electron chi connectivity index (χ3n) is 5.39. The fourth-order valence-electron chi connectivity index (χ4n) is 3.75. The van der Waals surface area contributed by atoms with E-state index in [2.05, 4.69) is 15.4 Å². The SMILES string of the molecule is Cl.O=C1CC(c2ccccc2)NCCCCN(C(=O)c2ccc(OC(F)(F)F)cc2)CCCN1. The van der Waals surface area contributed by atoms with Crippen molar-refractivity contribution >= 4 is 24.2 Å². The molecule has 0 saturated carbocycles. The van der Waals surface area contributed by atoms with Gasteiger partial charge in [-0.2, -0.15) is 0 Å². The van der Waals surface area contributed by atoms with Crippen LogP contribution in [0.1, 0.15) is 47.6 Å². The Morgan fingerprint density at radius 2 is 1.62 bits per heavy atom. The summed E-state index contributed by atoms with van der Waals surface area (Å²) < 4.78 is 40.9. The number of rotatable bonds is 3. The topological polar surface area (TPSA) is 70.7 Å². The number of ether oxygens (including phenoxy) is 1. The van der Waals surface area contributed by atoms with Crippen molar-refractivity contribution in [3.05, 3.63) is 65.7 Å². The largest absolute Gasteiger partial charge is 0.573 e. The van der Waals surface area contributed by atoms with Gasteiger partial charge in [-0.05, 0) is 55.6 Å². The van der Waals surface area contributed by atoms with E-state index in [0.29, 0.717) is 44.6 Å². The Kier molecular flexibility index (Phi) is 10.7. The van der Waals surface area contributed by atoms with Gasteiger partial charge < -0.3 is 20.3 Å². The summed E-state index contributed by atoms with van der Waals surface area (Å²) in [6, 6.07) is 14.7. The molecule has 3 rings (SSSR count). The fraction of sp³-hybridized carbons (Fsp3) is 0.417. The maximum atomic E-state index is 12.9.